The minimum atomic E-state index is -5.06. The first-order valence-electron chi connectivity index (χ1n) is 8.96. The number of benzene rings is 1. The summed E-state index contributed by atoms with van der Waals surface area (Å²) in [6.07, 6.45) is 1.36. The van der Waals surface area contributed by atoms with Gasteiger partial charge in [0, 0.05) is 53.9 Å². The predicted octanol–water partition coefficient (Wildman–Crippen LogP) is -1.47. The molecule has 17 heteroatoms. The van der Waals surface area contributed by atoms with E-state index in [1.54, 1.807) is 0 Å². The monoisotopic (exact) mass is 517 g/mol. The number of ether oxygens (including phenoxy) is 1. The quantitative estimate of drug-likeness (QED) is 0.153. The molecule has 0 aliphatic carbocycles. The molecule has 3 rings (SSSR count). The number of phenols is 1. The topological polar surface area (TPSA) is 217 Å². The smallest absolute Gasteiger partial charge is 0.333 e. The van der Waals surface area contributed by atoms with Crippen LogP contribution in [0.3, 0.4) is 0 Å². The van der Waals surface area contributed by atoms with Gasteiger partial charge in [0.25, 0.3) is 33.7 Å². The average Bonchev–Trinajstić information content (AvgIpc) is 3.26. The van der Waals surface area contributed by atoms with E-state index < -0.39 is 68.4 Å². The van der Waals surface area contributed by atoms with Crippen LogP contribution in [0, 0.1) is 0 Å². The van der Waals surface area contributed by atoms with Crippen molar-refractivity contribution in [1.29, 1.82) is 0 Å². The second kappa shape index (κ2) is 10.4. The fourth-order valence-corrected chi connectivity index (χ4v) is 3.53. The van der Waals surface area contributed by atoms with Crippen molar-refractivity contribution in [2.45, 2.75) is 11.1 Å². The molecule has 2 aliphatic heterocycles. The van der Waals surface area contributed by atoms with Crippen molar-refractivity contribution in [3.8, 4) is 11.5 Å². The Labute approximate surface area is 218 Å². The average molecular weight is 517 g/mol. The summed E-state index contributed by atoms with van der Waals surface area (Å²) in [7, 11) is -4.03. The van der Waals surface area contributed by atoms with Gasteiger partial charge in [-0.1, -0.05) is 0 Å². The Morgan fingerprint density at radius 3 is 1.63 bits per heavy atom. The zero-order valence-electron chi connectivity index (χ0n) is 17.9. The summed E-state index contributed by atoms with van der Waals surface area (Å²) in [5.74, 6) is -5.63. The van der Waals surface area contributed by atoms with Gasteiger partial charge in [0.2, 0.25) is 0 Å². The van der Waals surface area contributed by atoms with Gasteiger partial charge in [-0.15, -0.1) is 0 Å². The molecule has 0 atom stereocenters. The third-order valence-electron chi connectivity index (χ3n) is 4.45. The normalized spacial score (nSPS) is 15.1. The molecule has 15 nitrogen and oxygen atoms in total. The summed E-state index contributed by atoms with van der Waals surface area (Å²) < 4.78 is 37.6. The fraction of sp³-hybridized carbons (Fsp3) is 0.111. The molecule has 4 N–H and O–H groups in total. The minimum absolute atomic E-state index is 0. The number of methoxy groups -OCH3 is 1. The number of nitrogens with zero attached hydrogens (tertiary/aromatic N) is 2. The van der Waals surface area contributed by atoms with Crippen LogP contribution in [0.2, 0.25) is 0 Å². The van der Waals surface area contributed by atoms with E-state index in [4.69, 9.17) is 4.74 Å². The van der Waals surface area contributed by atoms with Crippen LogP contribution < -0.4 is 15.4 Å². The summed E-state index contributed by atoms with van der Waals surface area (Å²) in [4.78, 5) is 71.5. The Bertz CT molecular complexity index is 1230. The molecule has 2 aliphatic rings. The molecule has 35 heavy (non-hydrogen) atoms. The SMILES string of the molecule is COc1cc(C(NC(=O)N2C(=O)C=CC2=O)NC(=O)N2C(=O)C=CC2=O)cc(S(=O)(=O)O)c1O.[Na]. The van der Waals surface area contributed by atoms with Gasteiger partial charge in [-0.3, -0.25) is 23.7 Å². The largest absolute Gasteiger partial charge is 0.503 e. The van der Waals surface area contributed by atoms with E-state index in [0.717, 1.165) is 37.5 Å². The summed E-state index contributed by atoms with van der Waals surface area (Å²) in [5, 5.41) is 14.1. The van der Waals surface area contributed by atoms with Gasteiger partial charge in [0.1, 0.15) is 11.1 Å². The van der Waals surface area contributed by atoms with Crippen molar-refractivity contribution in [3.05, 3.63) is 42.0 Å². The maximum Gasteiger partial charge on any atom is 0.333 e. The van der Waals surface area contributed by atoms with Crippen LogP contribution >= 0.6 is 0 Å². The molecule has 8 amide bonds. The maximum atomic E-state index is 12.6. The predicted molar refractivity (Wildman–Crippen MR) is 112 cm³/mol. The third-order valence-corrected chi connectivity index (χ3v) is 5.32. The minimum Gasteiger partial charge on any atom is -0.503 e. The molecule has 0 unspecified atom stereocenters. The summed E-state index contributed by atoms with van der Waals surface area (Å²) >= 11 is 0. The van der Waals surface area contributed by atoms with Crippen LogP contribution in [0.5, 0.6) is 11.5 Å². The van der Waals surface area contributed by atoms with Crippen molar-refractivity contribution in [1.82, 2.24) is 20.4 Å². The molecule has 0 bridgehead atoms. The van der Waals surface area contributed by atoms with E-state index in [2.05, 4.69) is 10.6 Å². The summed E-state index contributed by atoms with van der Waals surface area (Å²) in [5.41, 5.74) is -0.372. The number of rotatable bonds is 5. The van der Waals surface area contributed by atoms with E-state index >= 15 is 0 Å². The second-order valence-electron chi connectivity index (χ2n) is 6.57. The van der Waals surface area contributed by atoms with E-state index in [1.165, 1.54) is 0 Å². The van der Waals surface area contributed by atoms with E-state index in [0.29, 0.717) is 6.07 Å². The molecule has 0 fully saturated rings. The Morgan fingerprint density at radius 2 is 1.29 bits per heavy atom. The van der Waals surface area contributed by atoms with Gasteiger partial charge in [0.15, 0.2) is 11.5 Å². The molecule has 0 saturated carbocycles. The molecular formula is C18H14N4NaO11S. The van der Waals surface area contributed by atoms with Gasteiger partial charge in [-0.05, 0) is 17.7 Å². The number of phenolic OH excluding ortho intramolecular Hbond substituents is 1. The summed E-state index contributed by atoms with van der Waals surface area (Å²) in [6.45, 7) is 0. The molecule has 0 aromatic heterocycles. The van der Waals surface area contributed by atoms with Crippen LogP contribution in [0.1, 0.15) is 11.7 Å². The van der Waals surface area contributed by atoms with Crippen LogP contribution in [0.15, 0.2) is 41.3 Å². The molecule has 0 saturated heterocycles. The number of imide groups is 6. The summed E-state index contributed by atoms with van der Waals surface area (Å²) in [6, 6.07) is -1.17. The molecule has 1 aromatic rings. The van der Waals surface area contributed by atoms with Crippen LogP contribution in [-0.4, -0.2) is 100 Å². The standard InChI is InChI=1S/C18H14N4O11S.Na/c1-33-9-6-8(7-10(15(9)27)34(30,31)32)16(19-17(28)21-11(23)2-3-12(21)24)20-18(29)22-13(25)4-5-14(22)26;/h2-7,16,27H,1H3,(H,19,28)(H,20,29)(H,30,31,32);. The van der Waals surface area contributed by atoms with Crippen molar-refractivity contribution < 1.29 is 51.6 Å². The third kappa shape index (κ3) is 5.57. The van der Waals surface area contributed by atoms with Gasteiger partial charge in [0.05, 0.1) is 7.11 Å². The molecule has 179 valence electrons. The van der Waals surface area contributed by atoms with E-state index in [9.17, 15) is 46.8 Å². The maximum absolute atomic E-state index is 12.6. The van der Waals surface area contributed by atoms with Gasteiger partial charge in [-0.25, -0.2) is 9.59 Å². The number of urea groups is 2. The number of aromatic hydroxyl groups is 1. The molecule has 0 spiro atoms. The Morgan fingerprint density at radius 1 is 0.886 bits per heavy atom. The Hall–Kier alpha value is -3.57. The first-order chi connectivity index (χ1) is 15.8. The Balaban J connectivity index is 0.00000432. The van der Waals surface area contributed by atoms with E-state index in [-0.39, 0.29) is 44.9 Å². The first kappa shape index (κ1) is 27.7. The van der Waals surface area contributed by atoms with Crippen molar-refractivity contribution in [3.63, 3.8) is 0 Å². The number of hydrogen-bond donors (Lipinski definition) is 4. The van der Waals surface area contributed by atoms with Gasteiger partial charge >= 0.3 is 12.1 Å². The van der Waals surface area contributed by atoms with Crippen molar-refractivity contribution in [2.75, 3.05) is 7.11 Å². The molecule has 1 aromatic carbocycles. The fourth-order valence-electron chi connectivity index (χ4n) is 2.90. The van der Waals surface area contributed by atoms with Crippen LogP contribution in [-0.2, 0) is 29.3 Å². The molecule has 1 radical (unpaired) electrons. The zero-order chi connectivity index (χ0) is 25.4. The number of nitrogens with one attached hydrogen (secondary N) is 2. The van der Waals surface area contributed by atoms with E-state index in [1.807, 2.05) is 0 Å². The number of amides is 8. The van der Waals surface area contributed by atoms with Crippen molar-refractivity contribution in [2.24, 2.45) is 0 Å². The molecule has 2 heterocycles. The second-order valence-corrected chi connectivity index (χ2v) is 7.96. The first-order valence-corrected chi connectivity index (χ1v) is 10.4. The molecular weight excluding hydrogens is 503 g/mol. The van der Waals surface area contributed by atoms with Gasteiger partial charge in [-0.2, -0.15) is 18.2 Å². The number of carbonyl (C=O) groups excluding carboxylic acids is 6. The number of carbonyl (C=O) groups is 6. The van der Waals surface area contributed by atoms with Crippen molar-refractivity contribution >= 4 is 75.4 Å². The number of hydrogen-bond acceptors (Lipinski definition) is 10. The Kier molecular flexibility index (Phi) is 8.19. The van der Waals surface area contributed by atoms with Crippen LogP contribution in [0.4, 0.5) is 9.59 Å². The zero-order valence-corrected chi connectivity index (χ0v) is 20.7. The van der Waals surface area contributed by atoms with Gasteiger partial charge < -0.3 is 20.5 Å². The van der Waals surface area contributed by atoms with Crippen LogP contribution in [0.25, 0.3) is 0 Å².